The predicted octanol–water partition coefficient (Wildman–Crippen LogP) is 5.18. The molecule has 0 bridgehead atoms. The maximum Gasteiger partial charge on any atom is 0.434 e. The van der Waals surface area contributed by atoms with Gasteiger partial charge in [0.2, 0.25) is 5.91 Å². The van der Waals surface area contributed by atoms with Crippen molar-refractivity contribution < 1.29 is 18.0 Å². The van der Waals surface area contributed by atoms with E-state index in [2.05, 4.69) is 15.3 Å². The van der Waals surface area contributed by atoms with Crippen LogP contribution < -0.4 is 5.32 Å². The number of hydrogen-bond donors (Lipinski definition) is 1. The van der Waals surface area contributed by atoms with E-state index in [4.69, 9.17) is 0 Å². The molecule has 2 aromatic rings. The van der Waals surface area contributed by atoms with Crippen LogP contribution in [0, 0.1) is 5.92 Å². The number of aromatic nitrogens is 3. The molecule has 8 heteroatoms. The molecule has 1 fully saturated rings. The summed E-state index contributed by atoms with van der Waals surface area (Å²) < 4.78 is 40.2. The van der Waals surface area contributed by atoms with Crippen LogP contribution in [-0.4, -0.2) is 20.4 Å². The van der Waals surface area contributed by atoms with Crippen LogP contribution in [0.1, 0.15) is 68.9 Å². The van der Waals surface area contributed by atoms with Crippen molar-refractivity contribution >= 4 is 11.7 Å². The highest BCUT2D eigenvalue weighted by Crippen LogP contribution is 2.34. The Morgan fingerprint density at radius 1 is 1.24 bits per heavy atom. The molecule has 0 spiro atoms. The van der Waals surface area contributed by atoms with Gasteiger partial charge in [0.25, 0.3) is 0 Å². The normalized spacial score (nSPS) is 16.2. The van der Waals surface area contributed by atoms with Crippen molar-refractivity contribution in [3.8, 4) is 0 Å². The average molecular weight is 408 g/mol. The number of anilines is 1. The Balaban J connectivity index is 1.83. The van der Waals surface area contributed by atoms with Crippen LogP contribution in [-0.2, 0) is 23.8 Å². The van der Waals surface area contributed by atoms with Crippen LogP contribution >= 0.6 is 0 Å². The van der Waals surface area contributed by atoms with E-state index in [9.17, 15) is 18.0 Å². The van der Waals surface area contributed by atoms with Crippen molar-refractivity contribution in [2.75, 3.05) is 5.32 Å². The first kappa shape index (κ1) is 21.3. The standard InChI is InChI=1S/C21H27F3N4O/c1-3-15-9-10-19(26-16(15)4-2)27-20(29)17(11-14-7-5-6-8-14)28-12-18(25-13-28)21(22,23)24/h9-10,12-14,17H,3-8,11H2,1-2H3,(H,26,27,29)/t17-/m0/s1. The van der Waals surface area contributed by atoms with E-state index in [-0.39, 0.29) is 5.91 Å². The minimum absolute atomic E-state index is 0.323. The molecule has 0 unspecified atom stereocenters. The highest BCUT2D eigenvalue weighted by molar-refractivity contribution is 5.93. The van der Waals surface area contributed by atoms with Gasteiger partial charge in [-0.2, -0.15) is 13.2 Å². The largest absolute Gasteiger partial charge is 0.434 e. The molecule has 1 saturated carbocycles. The number of carbonyl (C=O) groups is 1. The van der Waals surface area contributed by atoms with Gasteiger partial charge in [-0.25, -0.2) is 9.97 Å². The maximum absolute atomic E-state index is 13.0. The van der Waals surface area contributed by atoms with Crippen LogP contribution in [0.4, 0.5) is 19.0 Å². The van der Waals surface area contributed by atoms with Gasteiger partial charge in [-0.3, -0.25) is 4.79 Å². The summed E-state index contributed by atoms with van der Waals surface area (Å²) in [5.41, 5.74) is 1.05. The first-order chi connectivity index (χ1) is 13.8. The zero-order valence-corrected chi connectivity index (χ0v) is 16.8. The number of pyridine rings is 1. The third-order valence-corrected chi connectivity index (χ3v) is 5.62. The fourth-order valence-electron chi connectivity index (χ4n) is 4.02. The maximum atomic E-state index is 13.0. The number of alkyl halides is 3. The summed E-state index contributed by atoms with van der Waals surface area (Å²) in [5, 5.41) is 2.81. The molecule has 1 aliphatic rings. The van der Waals surface area contributed by atoms with Gasteiger partial charge < -0.3 is 9.88 Å². The Morgan fingerprint density at radius 3 is 2.55 bits per heavy atom. The molecule has 158 valence electrons. The first-order valence-electron chi connectivity index (χ1n) is 10.2. The molecule has 0 radical (unpaired) electrons. The van der Waals surface area contributed by atoms with Crippen LogP contribution in [0.3, 0.4) is 0 Å². The van der Waals surface area contributed by atoms with Crippen molar-refractivity contribution in [3.05, 3.63) is 41.6 Å². The van der Waals surface area contributed by atoms with Crippen molar-refractivity contribution in [2.45, 2.75) is 71.0 Å². The zero-order chi connectivity index (χ0) is 21.0. The first-order valence-corrected chi connectivity index (χ1v) is 10.2. The molecule has 1 N–H and O–H groups in total. The Kier molecular flexibility index (Phi) is 6.59. The Morgan fingerprint density at radius 2 is 1.97 bits per heavy atom. The number of amides is 1. The zero-order valence-electron chi connectivity index (χ0n) is 16.8. The fourth-order valence-corrected chi connectivity index (χ4v) is 4.02. The lowest BCUT2D eigenvalue weighted by molar-refractivity contribution is -0.141. The van der Waals surface area contributed by atoms with Crippen LogP contribution in [0.25, 0.3) is 0 Å². The lowest BCUT2D eigenvalue weighted by Crippen LogP contribution is -2.27. The Labute approximate surface area is 168 Å². The summed E-state index contributed by atoms with van der Waals surface area (Å²) >= 11 is 0. The van der Waals surface area contributed by atoms with E-state index in [1.54, 1.807) is 6.07 Å². The summed E-state index contributed by atoms with van der Waals surface area (Å²) in [7, 11) is 0. The summed E-state index contributed by atoms with van der Waals surface area (Å²) in [5.74, 6) is 0.391. The molecule has 0 aliphatic heterocycles. The number of carbonyl (C=O) groups excluding carboxylic acids is 1. The molecule has 1 atom stereocenters. The topological polar surface area (TPSA) is 59.8 Å². The van der Waals surface area contributed by atoms with Crippen molar-refractivity contribution in [1.29, 1.82) is 0 Å². The van der Waals surface area contributed by atoms with E-state index in [0.29, 0.717) is 18.2 Å². The lowest BCUT2D eigenvalue weighted by Gasteiger charge is -2.21. The molecule has 1 aliphatic carbocycles. The highest BCUT2D eigenvalue weighted by Gasteiger charge is 2.35. The Hall–Kier alpha value is -2.38. The monoisotopic (exact) mass is 408 g/mol. The predicted molar refractivity (Wildman–Crippen MR) is 104 cm³/mol. The number of nitrogens with zero attached hydrogens (tertiary/aromatic N) is 3. The van der Waals surface area contributed by atoms with Gasteiger partial charge >= 0.3 is 6.18 Å². The molecule has 2 aromatic heterocycles. The van der Waals surface area contributed by atoms with Gasteiger partial charge in [-0.15, -0.1) is 0 Å². The molecular weight excluding hydrogens is 381 g/mol. The average Bonchev–Trinajstić information content (AvgIpc) is 3.37. The number of hydrogen-bond acceptors (Lipinski definition) is 3. The van der Waals surface area contributed by atoms with Gasteiger partial charge in [0.15, 0.2) is 5.69 Å². The van der Waals surface area contributed by atoms with Gasteiger partial charge in [0, 0.05) is 11.9 Å². The summed E-state index contributed by atoms with van der Waals surface area (Å²) in [6, 6.07) is 2.93. The number of rotatable bonds is 7. The molecule has 29 heavy (non-hydrogen) atoms. The summed E-state index contributed by atoms with van der Waals surface area (Å²) in [6.45, 7) is 4.05. The van der Waals surface area contributed by atoms with Crippen LogP contribution in [0.5, 0.6) is 0 Å². The quantitative estimate of drug-likeness (QED) is 0.687. The second kappa shape index (κ2) is 8.97. The third-order valence-electron chi connectivity index (χ3n) is 5.62. The second-order valence-electron chi connectivity index (χ2n) is 7.60. The lowest BCUT2D eigenvalue weighted by atomic mass is 9.97. The van der Waals surface area contributed by atoms with Gasteiger partial charge in [0.1, 0.15) is 11.9 Å². The second-order valence-corrected chi connectivity index (χ2v) is 7.60. The third kappa shape index (κ3) is 5.16. The van der Waals surface area contributed by atoms with Gasteiger partial charge in [-0.05, 0) is 36.8 Å². The molecule has 0 saturated heterocycles. The number of aryl methyl sites for hydroxylation is 2. The Bertz CT molecular complexity index is 841. The van der Waals surface area contributed by atoms with E-state index in [1.165, 1.54) is 4.57 Å². The summed E-state index contributed by atoms with van der Waals surface area (Å²) in [4.78, 5) is 21.0. The smallest absolute Gasteiger partial charge is 0.324 e. The van der Waals surface area contributed by atoms with Crippen molar-refractivity contribution in [2.24, 2.45) is 5.92 Å². The number of nitrogens with one attached hydrogen (secondary N) is 1. The minimum atomic E-state index is -4.53. The molecule has 0 aromatic carbocycles. The SMILES string of the molecule is CCc1ccc(NC(=O)[C@H](CC2CCCC2)n2cnc(C(F)(F)F)c2)nc1CC. The van der Waals surface area contributed by atoms with E-state index in [0.717, 1.165) is 62.3 Å². The van der Waals surface area contributed by atoms with Crippen LogP contribution in [0.15, 0.2) is 24.7 Å². The fraction of sp³-hybridized carbons (Fsp3) is 0.571. The van der Waals surface area contributed by atoms with E-state index >= 15 is 0 Å². The van der Waals surface area contributed by atoms with Crippen LogP contribution in [0.2, 0.25) is 0 Å². The molecule has 3 rings (SSSR count). The molecule has 5 nitrogen and oxygen atoms in total. The minimum Gasteiger partial charge on any atom is -0.324 e. The van der Waals surface area contributed by atoms with Crippen molar-refractivity contribution in [1.82, 2.24) is 14.5 Å². The molecule has 1 amide bonds. The number of halogens is 3. The van der Waals surface area contributed by atoms with E-state index < -0.39 is 17.9 Å². The number of imidazole rings is 1. The van der Waals surface area contributed by atoms with E-state index in [1.807, 2.05) is 19.9 Å². The highest BCUT2D eigenvalue weighted by atomic mass is 19.4. The van der Waals surface area contributed by atoms with Gasteiger partial charge in [-0.1, -0.05) is 45.6 Å². The molecular formula is C21H27F3N4O. The summed E-state index contributed by atoms with van der Waals surface area (Å²) in [6.07, 6.45) is 3.76. The van der Waals surface area contributed by atoms with Crippen molar-refractivity contribution in [3.63, 3.8) is 0 Å². The van der Waals surface area contributed by atoms with Gasteiger partial charge in [0.05, 0.1) is 6.33 Å². The molecule has 2 heterocycles.